The lowest BCUT2D eigenvalue weighted by Crippen LogP contribution is -2.32. The molecule has 0 heterocycles. The second kappa shape index (κ2) is 6.80. The third kappa shape index (κ3) is 4.93. The van der Waals surface area contributed by atoms with Crippen LogP contribution < -0.4 is 10.5 Å². The Morgan fingerprint density at radius 1 is 1.05 bits per heavy atom. The fraction of sp³-hybridized carbons (Fsp3) is 0.200. The first kappa shape index (κ1) is 15.6. The smallest absolute Gasteiger partial charge is 0.215 e. The van der Waals surface area contributed by atoms with Gasteiger partial charge in [-0.25, -0.2) is 17.5 Å². The minimum atomic E-state index is -3.50. The zero-order valence-electron chi connectivity index (χ0n) is 11.4. The van der Waals surface area contributed by atoms with Crippen LogP contribution in [0.1, 0.15) is 17.2 Å². The van der Waals surface area contributed by atoms with Gasteiger partial charge in [0.1, 0.15) is 5.82 Å². The number of hydrogen-bond acceptors (Lipinski definition) is 3. The summed E-state index contributed by atoms with van der Waals surface area (Å²) in [5.41, 5.74) is 7.33. The summed E-state index contributed by atoms with van der Waals surface area (Å²) in [5.74, 6) is -0.593. The number of nitrogens with two attached hydrogens (primary N) is 1. The van der Waals surface area contributed by atoms with Crippen molar-refractivity contribution >= 4 is 10.0 Å². The van der Waals surface area contributed by atoms with Crippen molar-refractivity contribution in [2.24, 2.45) is 5.73 Å². The third-order valence-electron chi connectivity index (χ3n) is 3.02. The van der Waals surface area contributed by atoms with Crippen LogP contribution in [0.3, 0.4) is 0 Å². The van der Waals surface area contributed by atoms with E-state index in [2.05, 4.69) is 4.72 Å². The van der Waals surface area contributed by atoms with Gasteiger partial charge in [0.25, 0.3) is 0 Å². The lowest BCUT2D eigenvalue weighted by Gasteiger charge is -2.13. The molecule has 0 bridgehead atoms. The van der Waals surface area contributed by atoms with Gasteiger partial charge < -0.3 is 5.73 Å². The van der Waals surface area contributed by atoms with Crippen molar-refractivity contribution in [3.8, 4) is 0 Å². The molecule has 0 aliphatic carbocycles. The highest BCUT2D eigenvalue weighted by molar-refractivity contribution is 7.88. The van der Waals surface area contributed by atoms with E-state index in [9.17, 15) is 12.8 Å². The molecule has 4 nitrogen and oxygen atoms in total. The molecule has 1 unspecified atom stereocenters. The van der Waals surface area contributed by atoms with Crippen LogP contribution >= 0.6 is 0 Å². The fourth-order valence-electron chi connectivity index (χ4n) is 1.89. The van der Waals surface area contributed by atoms with E-state index < -0.39 is 21.9 Å². The Morgan fingerprint density at radius 2 is 1.67 bits per heavy atom. The van der Waals surface area contributed by atoms with E-state index in [1.807, 2.05) is 30.3 Å². The van der Waals surface area contributed by atoms with Gasteiger partial charge in [-0.15, -0.1) is 0 Å². The van der Waals surface area contributed by atoms with Crippen molar-refractivity contribution in [3.63, 3.8) is 0 Å². The summed E-state index contributed by atoms with van der Waals surface area (Å²) in [6, 6.07) is 14.2. The van der Waals surface area contributed by atoms with E-state index in [1.165, 1.54) is 24.3 Å². The Morgan fingerprint density at radius 3 is 2.29 bits per heavy atom. The molecule has 2 rings (SSSR count). The van der Waals surface area contributed by atoms with Gasteiger partial charge in [-0.3, -0.25) is 0 Å². The largest absolute Gasteiger partial charge is 0.323 e. The van der Waals surface area contributed by atoms with Gasteiger partial charge in [0, 0.05) is 12.6 Å². The quantitative estimate of drug-likeness (QED) is 0.856. The van der Waals surface area contributed by atoms with Crippen LogP contribution in [0.15, 0.2) is 54.6 Å². The molecule has 3 N–H and O–H groups in total. The van der Waals surface area contributed by atoms with Gasteiger partial charge in [-0.2, -0.15) is 0 Å². The van der Waals surface area contributed by atoms with Gasteiger partial charge in [-0.05, 0) is 23.3 Å². The van der Waals surface area contributed by atoms with Gasteiger partial charge in [0.15, 0.2) is 0 Å². The maximum atomic E-state index is 12.8. The lowest BCUT2D eigenvalue weighted by atomic mass is 10.1. The molecule has 1 atom stereocenters. The summed E-state index contributed by atoms with van der Waals surface area (Å²) in [6.07, 6.45) is 0. The molecule has 0 radical (unpaired) electrons. The minimum Gasteiger partial charge on any atom is -0.323 e. The Balaban J connectivity index is 1.94. The SMILES string of the molecule is NC(CNS(=O)(=O)Cc1ccc(F)cc1)c1ccccc1. The van der Waals surface area contributed by atoms with Crippen molar-refractivity contribution in [1.29, 1.82) is 0 Å². The van der Waals surface area contributed by atoms with Crippen LogP contribution in [0.2, 0.25) is 0 Å². The van der Waals surface area contributed by atoms with E-state index >= 15 is 0 Å². The number of hydrogen-bond donors (Lipinski definition) is 2. The Labute approximate surface area is 123 Å². The molecule has 2 aromatic carbocycles. The summed E-state index contributed by atoms with van der Waals surface area (Å²) in [5, 5.41) is 0. The number of sulfonamides is 1. The maximum absolute atomic E-state index is 12.8. The average Bonchev–Trinajstić information content (AvgIpc) is 2.48. The molecule has 0 saturated carbocycles. The van der Waals surface area contributed by atoms with E-state index in [0.29, 0.717) is 5.56 Å². The molecule has 112 valence electrons. The normalized spacial score (nSPS) is 13.0. The van der Waals surface area contributed by atoms with Gasteiger partial charge in [-0.1, -0.05) is 42.5 Å². The highest BCUT2D eigenvalue weighted by atomic mass is 32.2. The first-order valence-corrected chi connectivity index (χ1v) is 8.14. The number of halogens is 1. The fourth-order valence-corrected chi connectivity index (χ4v) is 3.05. The second-order valence-electron chi connectivity index (χ2n) is 4.75. The highest BCUT2D eigenvalue weighted by Gasteiger charge is 2.14. The summed E-state index contributed by atoms with van der Waals surface area (Å²) in [7, 11) is -3.50. The second-order valence-corrected chi connectivity index (χ2v) is 6.56. The maximum Gasteiger partial charge on any atom is 0.215 e. The van der Waals surface area contributed by atoms with E-state index in [1.54, 1.807) is 0 Å². The molecule has 2 aromatic rings. The van der Waals surface area contributed by atoms with Crippen LogP contribution in [0.5, 0.6) is 0 Å². The molecule has 0 fully saturated rings. The van der Waals surface area contributed by atoms with Gasteiger partial charge >= 0.3 is 0 Å². The van der Waals surface area contributed by atoms with Gasteiger partial charge in [0.05, 0.1) is 5.75 Å². The Kier molecular flexibility index (Phi) is 5.06. The molecule has 0 aromatic heterocycles. The summed E-state index contributed by atoms with van der Waals surface area (Å²) in [4.78, 5) is 0. The minimum absolute atomic E-state index is 0.119. The lowest BCUT2D eigenvalue weighted by molar-refractivity contribution is 0.571. The summed E-state index contributed by atoms with van der Waals surface area (Å²) in [6.45, 7) is 0.119. The Bertz CT molecular complexity index is 673. The predicted molar refractivity (Wildman–Crippen MR) is 80.4 cm³/mol. The molecule has 0 aliphatic heterocycles. The van der Waals surface area contributed by atoms with Crippen LogP contribution in [-0.2, 0) is 15.8 Å². The molecule has 0 saturated heterocycles. The van der Waals surface area contributed by atoms with E-state index in [0.717, 1.165) is 5.56 Å². The van der Waals surface area contributed by atoms with Crippen molar-refractivity contribution in [2.75, 3.05) is 6.54 Å². The molecule has 6 heteroatoms. The van der Waals surface area contributed by atoms with Gasteiger partial charge in [0.2, 0.25) is 10.0 Å². The summed E-state index contributed by atoms with van der Waals surface area (Å²) >= 11 is 0. The van der Waals surface area contributed by atoms with Crippen molar-refractivity contribution in [3.05, 3.63) is 71.5 Å². The van der Waals surface area contributed by atoms with Crippen molar-refractivity contribution in [1.82, 2.24) is 4.72 Å². The van der Waals surface area contributed by atoms with Crippen LogP contribution in [0.4, 0.5) is 4.39 Å². The topological polar surface area (TPSA) is 72.2 Å². The molecule has 0 amide bonds. The van der Waals surface area contributed by atoms with Crippen LogP contribution in [0, 0.1) is 5.82 Å². The third-order valence-corrected chi connectivity index (χ3v) is 4.34. The number of benzene rings is 2. The van der Waals surface area contributed by atoms with Crippen molar-refractivity contribution < 1.29 is 12.8 Å². The highest BCUT2D eigenvalue weighted by Crippen LogP contribution is 2.10. The first-order valence-electron chi connectivity index (χ1n) is 6.48. The predicted octanol–water partition coefficient (Wildman–Crippen LogP) is 1.95. The Hall–Kier alpha value is -1.76. The molecule has 21 heavy (non-hydrogen) atoms. The number of rotatable bonds is 6. The van der Waals surface area contributed by atoms with Crippen LogP contribution in [0.25, 0.3) is 0 Å². The summed E-state index contributed by atoms with van der Waals surface area (Å²) < 4.78 is 39.2. The molecule has 0 spiro atoms. The molecular weight excluding hydrogens is 291 g/mol. The van der Waals surface area contributed by atoms with Crippen molar-refractivity contribution in [2.45, 2.75) is 11.8 Å². The molecular formula is C15H17FN2O2S. The van der Waals surface area contributed by atoms with E-state index in [-0.39, 0.29) is 12.3 Å². The zero-order chi connectivity index (χ0) is 15.3. The zero-order valence-corrected chi connectivity index (χ0v) is 12.2. The first-order chi connectivity index (χ1) is 9.96. The van der Waals surface area contributed by atoms with Crippen LogP contribution in [-0.4, -0.2) is 15.0 Å². The monoisotopic (exact) mass is 308 g/mol. The van der Waals surface area contributed by atoms with E-state index in [4.69, 9.17) is 5.73 Å². The average molecular weight is 308 g/mol. The number of nitrogens with one attached hydrogen (secondary N) is 1. The standard InChI is InChI=1S/C15H17FN2O2S/c16-14-8-6-12(7-9-14)11-21(19,20)18-10-15(17)13-4-2-1-3-5-13/h1-9,15,18H,10-11,17H2. The molecule has 0 aliphatic rings.